The number of phenols is 1. The van der Waals surface area contributed by atoms with Crippen molar-refractivity contribution in [3.63, 3.8) is 0 Å². The minimum absolute atomic E-state index is 0.0291. The third kappa shape index (κ3) is 3.78. The Balaban J connectivity index is 2.11. The van der Waals surface area contributed by atoms with Crippen LogP contribution in [0.15, 0.2) is 42.5 Å². The number of benzene rings is 2. The number of hydrogen-bond acceptors (Lipinski definition) is 5. The van der Waals surface area contributed by atoms with Crippen LogP contribution in [0.25, 0.3) is 0 Å². The molecule has 0 bridgehead atoms. The van der Waals surface area contributed by atoms with Gasteiger partial charge in [0.15, 0.2) is 0 Å². The molecule has 0 spiro atoms. The van der Waals surface area contributed by atoms with Crippen LogP contribution in [-0.2, 0) is 4.74 Å². The molecule has 1 aliphatic heterocycles. The lowest BCUT2D eigenvalue weighted by molar-refractivity contribution is 0.0692. The molecule has 150 valence electrons. The van der Waals surface area contributed by atoms with E-state index in [9.17, 15) is 15.0 Å². The SMILES string of the molecule is CCCCN1c2ccccc2N(CCCOC)C1c1cccc(O)c1C(=O)O. The Kier molecular flexibility index (Phi) is 6.41. The molecule has 0 fully saturated rings. The Labute approximate surface area is 166 Å². The van der Waals surface area contributed by atoms with Crippen LogP contribution in [0.1, 0.15) is 48.3 Å². The minimum Gasteiger partial charge on any atom is -0.507 e. The van der Waals surface area contributed by atoms with E-state index in [1.54, 1.807) is 13.2 Å². The smallest absolute Gasteiger partial charge is 0.339 e. The van der Waals surface area contributed by atoms with E-state index >= 15 is 0 Å². The molecule has 28 heavy (non-hydrogen) atoms. The van der Waals surface area contributed by atoms with Crippen LogP contribution in [0.4, 0.5) is 11.4 Å². The Bertz CT molecular complexity index is 824. The molecule has 0 saturated heterocycles. The fourth-order valence-electron chi connectivity index (χ4n) is 3.92. The summed E-state index contributed by atoms with van der Waals surface area (Å²) in [5, 5.41) is 20.0. The second kappa shape index (κ2) is 8.97. The van der Waals surface area contributed by atoms with Crippen molar-refractivity contribution in [2.75, 3.05) is 36.6 Å². The number of aromatic carboxylic acids is 1. The molecule has 0 aromatic heterocycles. The molecule has 2 N–H and O–H groups in total. The number of unbranched alkanes of at least 4 members (excludes halogenated alkanes) is 1. The van der Waals surface area contributed by atoms with E-state index in [4.69, 9.17) is 4.74 Å². The van der Waals surface area contributed by atoms with Gasteiger partial charge in [-0.1, -0.05) is 37.6 Å². The molecule has 1 heterocycles. The van der Waals surface area contributed by atoms with Gasteiger partial charge in [0.2, 0.25) is 0 Å². The van der Waals surface area contributed by atoms with Crippen molar-refractivity contribution < 1.29 is 19.7 Å². The average molecular weight is 384 g/mol. The van der Waals surface area contributed by atoms with Crippen LogP contribution < -0.4 is 9.80 Å². The topological polar surface area (TPSA) is 73.2 Å². The van der Waals surface area contributed by atoms with Gasteiger partial charge in [0, 0.05) is 32.4 Å². The van der Waals surface area contributed by atoms with Crippen LogP contribution in [0.2, 0.25) is 0 Å². The Hall–Kier alpha value is -2.73. The van der Waals surface area contributed by atoms with Gasteiger partial charge in [0.1, 0.15) is 17.5 Å². The Morgan fingerprint density at radius 3 is 2.25 bits per heavy atom. The third-order valence-electron chi connectivity index (χ3n) is 5.16. The largest absolute Gasteiger partial charge is 0.507 e. The summed E-state index contributed by atoms with van der Waals surface area (Å²) in [7, 11) is 1.68. The summed E-state index contributed by atoms with van der Waals surface area (Å²) in [6, 6.07) is 13.1. The molecule has 1 unspecified atom stereocenters. The van der Waals surface area contributed by atoms with Gasteiger partial charge < -0.3 is 24.7 Å². The number of para-hydroxylation sites is 2. The average Bonchev–Trinajstić information content (AvgIpc) is 2.99. The number of carboxylic acids is 1. The molecule has 2 aromatic carbocycles. The van der Waals surface area contributed by atoms with Crippen LogP contribution >= 0.6 is 0 Å². The number of hydrogen-bond donors (Lipinski definition) is 2. The number of ether oxygens (including phenoxy) is 1. The molecule has 6 nitrogen and oxygen atoms in total. The zero-order valence-corrected chi connectivity index (χ0v) is 16.5. The van der Waals surface area contributed by atoms with E-state index in [-0.39, 0.29) is 17.5 Å². The van der Waals surface area contributed by atoms with E-state index in [2.05, 4.69) is 28.9 Å². The lowest BCUT2D eigenvalue weighted by atomic mass is 10.0. The summed E-state index contributed by atoms with van der Waals surface area (Å²) < 4.78 is 5.23. The van der Waals surface area contributed by atoms with E-state index < -0.39 is 5.97 Å². The lowest BCUT2D eigenvalue weighted by Crippen LogP contribution is -2.38. The predicted molar refractivity (Wildman–Crippen MR) is 110 cm³/mol. The lowest BCUT2D eigenvalue weighted by Gasteiger charge is -2.34. The highest BCUT2D eigenvalue weighted by molar-refractivity contribution is 5.93. The number of rotatable bonds is 9. The minimum atomic E-state index is -1.11. The highest BCUT2D eigenvalue weighted by atomic mass is 16.5. The molecule has 6 heteroatoms. The molecule has 1 aliphatic rings. The first kappa shape index (κ1) is 20.0. The van der Waals surface area contributed by atoms with Crippen molar-refractivity contribution in [2.24, 2.45) is 0 Å². The quantitative estimate of drug-likeness (QED) is 0.630. The first-order chi connectivity index (χ1) is 13.6. The number of methoxy groups -OCH3 is 1. The molecule has 2 aromatic rings. The van der Waals surface area contributed by atoms with Gasteiger partial charge in [-0.3, -0.25) is 0 Å². The van der Waals surface area contributed by atoms with Crippen molar-refractivity contribution in [1.82, 2.24) is 0 Å². The number of aromatic hydroxyl groups is 1. The van der Waals surface area contributed by atoms with Crippen LogP contribution in [0.3, 0.4) is 0 Å². The maximum absolute atomic E-state index is 11.9. The molecule has 0 saturated carbocycles. The van der Waals surface area contributed by atoms with Gasteiger partial charge in [-0.15, -0.1) is 0 Å². The number of fused-ring (bicyclic) bond motifs is 1. The fraction of sp³-hybridized carbons (Fsp3) is 0.409. The second-order valence-electron chi connectivity index (χ2n) is 7.00. The molecule has 0 radical (unpaired) electrons. The summed E-state index contributed by atoms with van der Waals surface area (Å²) in [5.41, 5.74) is 2.76. The zero-order chi connectivity index (χ0) is 20.1. The molecular formula is C22H28N2O4. The van der Waals surface area contributed by atoms with Gasteiger partial charge >= 0.3 is 5.97 Å². The number of nitrogens with zero attached hydrogens (tertiary/aromatic N) is 2. The van der Waals surface area contributed by atoms with Crippen molar-refractivity contribution in [2.45, 2.75) is 32.4 Å². The van der Waals surface area contributed by atoms with Crippen LogP contribution in [0.5, 0.6) is 5.75 Å². The molecule has 0 aliphatic carbocycles. The zero-order valence-electron chi connectivity index (χ0n) is 16.5. The second-order valence-corrected chi connectivity index (χ2v) is 7.00. The van der Waals surface area contributed by atoms with E-state index in [0.29, 0.717) is 12.2 Å². The Morgan fingerprint density at radius 2 is 1.68 bits per heavy atom. The molecule has 0 amide bonds. The molecular weight excluding hydrogens is 356 g/mol. The van der Waals surface area contributed by atoms with Gasteiger partial charge in [0.05, 0.1) is 11.4 Å². The molecule has 3 rings (SSSR count). The van der Waals surface area contributed by atoms with Gasteiger partial charge in [0.25, 0.3) is 0 Å². The van der Waals surface area contributed by atoms with Crippen molar-refractivity contribution in [3.05, 3.63) is 53.6 Å². The first-order valence-electron chi connectivity index (χ1n) is 9.76. The molecule has 1 atom stereocenters. The van der Waals surface area contributed by atoms with E-state index in [1.807, 2.05) is 18.2 Å². The summed E-state index contributed by atoms with van der Waals surface area (Å²) in [6.45, 7) is 4.32. The monoisotopic (exact) mass is 384 g/mol. The number of anilines is 2. The highest BCUT2D eigenvalue weighted by Gasteiger charge is 2.38. The number of carbonyl (C=O) groups is 1. The van der Waals surface area contributed by atoms with Crippen LogP contribution in [0, 0.1) is 0 Å². The first-order valence-corrected chi connectivity index (χ1v) is 9.76. The standard InChI is InChI=1S/C22H28N2O4/c1-3-4-13-23-17-10-5-6-11-18(17)24(14-8-15-28-2)21(23)16-9-7-12-19(25)20(16)22(26)27/h5-7,9-12,21,25H,3-4,8,13-15H2,1-2H3,(H,26,27). The summed E-state index contributed by atoms with van der Waals surface area (Å²) in [4.78, 5) is 16.4. The number of carboxylic acid groups (broad SMARTS) is 1. The fourth-order valence-corrected chi connectivity index (χ4v) is 3.92. The van der Waals surface area contributed by atoms with Crippen molar-refractivity contribution in [1.29, 1.82) is 0 Å². The summed E-state index contributed by atoms with van der Waals surface area (Å²) >= 11 is 0. The predicted octanol–water partition coefficient (Wildman–Crippen LogP) is 4.25. The van der Waals surface area contributed by atoms with E-state index in [0.717, 1.165) is 43.7 Å². The maximum Gasteiger partial charge on any atom is 0.339 e. The van der Waals surface area contributed by atoms with Crippen molar-refractivity contribution >= 4 is 17.3 Å². The van der Waals surface area contributed by atoms with Gasteiger partial charge in [-0.05, 0) is 31.0 Å². The van der Waals surface area contributed by atoms with E-state index in [1.165, 1.54) is 6.07 Å². The highest BCUT2D eigenvalue weighted by Crippen LogP contribution is 2.47. The third-order valence-corrected chi connectivity index (χ3v) is 5.16. The normalized spacial score (nSPS) is 15.7. The van der Waals surface area contributed by atoms with Crippen molar-refractivity contribution in [3.8, 4) is 5.75 Å². The maximum atomic E-state index is 11.9. The summed E-state index contributed by atoms with van der Waals surface area (Å²) in [6.07, 6.45) is 2.59. The Morgan fingerprint density at radius 1 is 1.04 bits per heavy atom. The van der Waals surface area contributed by atoms with Crippen LogP contribution in [-0.4, -0.2) is 43.0 Å². The van der Waals surface area contributed by atoms with Gasteiger partial charge in [-0.2, -0.15) is 0 Å². The summed E-state index contributed by atoms with van der Waals surface area (Å²) in [5.74, 6) is -1.32. The van der Waals surface area contributed by atoms with Gasteiger partial charge in [-0.25, -0.2) is 4.79 Å².